The summed E-state index contributed by atoms with van der Waals surface area (Å²) in [6, 6.07) is 10.5. The summed E-state index contributed by atoms with van der Waals surface area (Å²) in [6.45, 7) is 9.50. The summed E-state index contributed by atoms with van der Waals surface area (Å²) in [7, 11) is 0. The second kappa shape index (κ2) is 14.6. The molecule has 0 amide bonds. The zero-order chi connectivity index (χ0) is 28.4. The Morgan fingerprint density at radius 2 is 1.87 bits per heavy atom. The van der Waals surface area contributed by atoms with Gasteiger partial charge in [0, 0.05) is 18.5 Å². The van der Waals surface area contributed by atoms with E-state index in [2.05, 4.69) is 10.5 Å². The van der Waals surface area contributed by atoms with Gasteiger partial charge in [-0.25, -0.2) is 4.39 Å². The topological polar surface area (TPSA) is 95.4 Å². The van der Waals surface area contributed by atoms with Gasteiger partial charge in [-0.05, 0) is 88.3 Å². The number of oxime groups is 1. The number of halogens is 1. The van der Waals surface area contributed by atoms with E-state index in [9.17, 15) is 14.0 Å². The van der Waals surface area contributed by atoms with Crippen LogP contribution in [0, 0.1) is 5.82 Å². The average Bonchev–Trinajstić information content (AvgIpc) is 3.30. The molecule has 0 heterocycles. The zero-order valence-electron chi connectivity index (χ0n) is 23.4. The highest BCUT2D eigenvalue weighted by Gasteiger charge is 2.24. The lowest BCUT2D eigenvalue weighted by Crippen LogP contribution is -2.30. The number of rotatable bonds is 14. The fourth-order valence-corrected chi connectivity index (χ4v) is 4.49. The third kappa shape index (κ3) is 9.35. The number of ketones is 1. The van der Waals surface area contributed by atoms with E-state index in [0.29, 0.717) is 36.5 Å². The molecule has 0 bridgehead atoms. The number of carbonyl (C=O) groups is 2. The molecule has 39 heavy (non-hydrogen) atoms. The summed E-state index contributed by atoms with van der Waals surface area (Å²) >= 11 is 0. The summed E-state index contributed by atoms with van der Waals surface area (Å²) in [5.74, 6) is -0.191. The molecule has 0 aliphatic heterocycles. The van der Waals surface area contributed by atoms with Gasteiger partial charge in [-0.15, -0.1) is 0 Å². The number of carbonyl (C=O) groups excluding carboxylic acids is 2. The predicted octanol–water partition coefficient (Wildman–Crippen LogP) is 5.67. The first-order chi connectivity index (χ1) is 18.7. The molecule has 1 N–H and O–H groups in total. The smallest absolute Gasteiger partial charge is 0.320 e. The first-order valence-corrected chi connectivity index (χ1v) is 13.5. The lowest BCUT2D eigenvalue weighted by atomic mass is 10.0. The van der Waals surface area contributed by atoms with Crippen LogP contribution in [0.15, 0.2) is 41.6 Å². The molecular weight excluding hydrogens is 503 g/mol. The molecular formula is C30H39FN2O6. The van der Waals surface area contributed by atoms with Crippen LogP contribution in [0.2, 0.25) is 0 Å². The summed E-state index contributed by atoms with van der Waals surface area (Å²) in [6.07, 6.45) is 2.35. The van der Waals surface area contributed by atoms with E-state index in [1.165, 1.54) is 6.07 Å². The number of ether oxygens (including phenoxy) is 3. The fourth-order valence-electron chi connectivity index (χ4n) is 4.49. The van der Waals surface area contributed by atoms with E-state index in [1.807, 2.05) is 39.0 Å². The van der Waals surface area contributed by atoms with Gasteiger partial charge in [-0.1, -0.05) is 23.4 Å². The Morgan fingerprint density at radius 1 is 1.10 bits per heavy atom. The number of nitrogens with one attached hydrogen (secondary N) is 1. The molecule has 3 rings (SSSR count). The highest BCUT2D eigenvalue weighted by molar-refractivity contribution is 5.94. The standard InChI is InChI=1S/C30H39FN2O6/c1-6-36-22(5)33-37-18-23-9-14-29(27(31)15-23)38-19(2)7-8-20(3)39-30(35)17-32-28-13-11-25-16-24(21(4)34)10-12-26(25)28/h9-10,12,14-16,19-20,28,32H,6-8,11,13,17-18H2,1-5H3/b33-22+. The van der Waals surface area contributed by atoms with E-state index < -0.39 is 5.82 Å². The SMILES string of the molecule is CCO/C(C)=N/OCc1ccc(OC(C)CCC(C)OC(=O)CNC2CCc3cc(C(C)=O)ccc32)c(F)c1. The van der Waals surface area contributed by atoms with Crippen LogP contribution in [-0.4, -0.2) is 43.0 Å². The number of fused-ring (bicyclic) bond motifs is 1. The van der Waals surface area contributed by atoms with Crippen LogP contribution in [0.25, 0.3) is 0 Å². The number of benzene rings is 2. The molecule has 1 aliphatic carbocycles. The van der Waals surface area contributed by atoms with Crippen molar-refractivity contribution in [2.75, 3.05) is 13.2 Å². The van der Waals surface area contributed by atoms with Gasteiger partial charge in [0.15, 0.2) is 17.3 Å². The van der Waals surface area contributed by atoms with Gasteiger partial charge >= 0.3 is 5.97 Å². The van der Waals surface area contributed by atoms with Crippen LogP contribution in [0.4, 0.5) is 4.39 Å². The number of nitrogens with zero attached hydrogens (tertiary/aromatic N) is 1. The summed E-state index contributed by atoms with van der Waals surface area (Å²) in [5, 5.41) is 7.09. The molecule has 3 unspecified atom stereocenters. The molecule has 0 saturated carbocycles. The Bertz CT molecular complexity index is 1170. The Hall–Kier alpha value is -3.46. The third-order valence-corrected chi connectivity index (χ3v) is 6.53. The van der Waals surface area contributed by atoms with Crippen molar-refractivity contribution in [2.45, 2.75) is 85.2 Å². The van der Waals surface area contributed by atoms with E-state index >= 15 is 0 Å². The summed E-state index contributed by atoms with van der Waals surface area (Å²) < 4.78 is 31.0. The predicted molar refractivity (Wildman–Crippen MR) is 146 cm³/mol. The molecule has 8 nitrogen and oxygen atoms in total. The second-order valence-electron chi connectivity index (χ2n) is 9.83. The monoisotopic (exact) mass is 542 g/mol. The van der Waals surface area contributed by atoms with Crippen molar-refractivity contribution in [3.8, 4) is 5.75 Å². The first kappa shape index (κ1) is 30.1. The van der Waals surface area contributed by atoms with Gasteiger partial charge in [0.1, 0.15) is 6.61 Å². The highest BCUT2D eigenvalue weighted by Crippen LogP contribution is 2.31. The minimum Gasteiger partial charge on any atom is -0.488 e. The fraction of sp³-hybridized carbons (Fsp3) is 0.500. The van der Waals surface area contributed by atoms with Crippen molar-refractivity contribution in [3.63, 3.8) is 0 Å². The highest BCUT2D eigenvalue weighted by atomic mass is 19.1. The van der Waals surface area contributed by atoms with Crippen LogP contribution < -0.4 is 10.1 Å². The summed E-state index contributed by atoms with van der Waals surface area (Å²) in [5.41, 5.74) is 3.61. The van der Waals surface area contributed by atoms with Crippen molar-refractivity contribution in [1.29, 1.82) is 0 Å². The van der Waals surface area contributed by atoms with E-state index in [0.717, 1.165) is 24.0 Å². The number of esters is 1. The van der Waals surface area contributed by atoms with Gasteiger partial charge in [0.25, 0.3) is 0 Å². The van der Waals surface area contributed by atoms with Gasteiger partial charge in [0.05, 0.1) is 25.4 Å². The molecule has 2 aromatic rings. The first-order valence-electron chi connectivity index (χ1n) is 13.5. The van der Waals surface area contributed by atoms with E-state index in [-0.39, 0.29) is 48.9 Å². The largest absolute Gasteiger partial charge is 0.488 e. The maximum absolute atomic E-state index is 14.5. The summed E-state index contributed by atoms with van der Waals surface area (Å²) in [4.78, 5) is 29.2. The minimum absolute atomic E-state index is 0.0510. The molecule has 9 heteroatoms. The van der Waals surface area contributed by atoms with Crippen molar-refractivity contribution < 1.29 is 33.0 Å². The van der Waals surface area contributed by atoms with Crippen LogP contribution in [0.3, 0.4) is 0 Å². The van der Waals surface area contributed by atoms with Crippen molar-refractivity contribution in [3.05, 3.63) is 64.5 Å². The lowest BCUT2D eigenvalue weighted by molar-refractivity contribution is -0.147. The number of aryl methyl sites for hydroxylation is 1. The maximum atomic E-state index is 14.5. The molecule has 0 radical (unpaired) electrons. The van der Waals surface area contributed by atoms with E-state index in [4.69, 9.17) is 19.0 Å². The van der Waals surface area contributed by atoms with Gasteiger partial charge < -0.3 is 24.4 Å². The average molecular weight is 543 g/mol. The Kier molecular flexibility index (Phi) is 11.3. The molecule has 2 aromatic carbocycles. The zero-order valence-corrected chi connectivity index (χ0v) is 23.4. The van der Waals surface area contributed by atoms with Crippen LogP contribution >= 0.6 is 0 Å². The number of Topliss-reactive ketones (excluding diaryl/α,β-unsaturated/α-hetero) is 1. The van der Waals surface area contributed by atoms with Crippen LogP contribution in [0.1, 0.15) is 87.0 Å². The molecule has 0 saturated heterocycles. The Morgan fingerprint density at radius 3 is 2.59 bits per heavy atom. The van der Waals surface area contributed by atoms with Gasteiger partial charge in [0.2, 0.25) is 5.90 Å². The molecule has 0 fully saturated rings. The molecule has 0 aromatic heterocycles. The van der Waals surface area contributed by atoms with Crippen molar-refractivity contribution in [2.24, 2.45) is 5.16 Å². The number of hydrogen-bond acceptors (Lipinski definition) is 8. The maximum Gasteiger partial charge on any atom is 0.320 e. The van der Waals surface area contributed by atoms with Gasteiger partial charge in [-0.2, -0.15) is 0 Å². The lowest BCUT2D eigenvalue weighted by Gasteiger charge is -2.19. The minimum atomic E-state index is -0.481. The molecule has 212 valence electrons. The normalized spacial score (nSPS) is 16.3. The number of hydrogen-bond donors (Lipinski definition) is 1. The van der Waals surface area contributed by atoms with Gasteiger partial charge in [-0.3, -0.25) is 9.59 Å². The van der Waals surface area contributed by atoms with Crippen molar-refractivity contribution in [1.82, 2.24) is 5.32 Å². The Labute approximate surface area is 229 Å². The van der Waals surface area contributed by atoms with Crippen LogP contribution in [0.5, 0.6) is 5.75 Å². The van der Waals surface area contributed by atoms with Crippen LogP contribution in [-0.2, 0) is 32.1 Å². The third-order valence-electron chi connectivity index (χ3n) is 6.53. The quantitative estimate of drug-likeness (QED) is 0.108. The molecule has 3 atom stereocenters. The van der Waals surface area contributed by atoms with Crippen molar-refractivity contribution >= 4 is 17.7 Å². The molecule has 1 aliphatic rings. The molecule has 0 spiro atoms. The second-order valence-corrected chi connectivity index (χ2v) is 9.83. The van der Waals surface area contributed by atoms with E-state index in [1.54, 1.807) is 26.0 Å². The Balaban J connectivity index is 1.37.